The zero-order valence-electron chi connectivity index (χ0n) is 10.3. The predicted octanol–water partition coefficient (Wildman–Crippen LogP) is 2.89. The molecule has 0 aromatic heterocycles. The molecule has 0 saturated heterocycles. The monoisotopic (exact) mass is 234 g/mol. The van der Waals surface area contributed by atoms with Gasteiger partial charge in [0.05, 0.1) is 5.92 Å². The molecule has 0 amide bonds. The third kappa shape index (κ3) is 3.70. The van der Waals surface area contributed by atoms with Gasteiger partial charge in [-0.25, -0.2) is 0 Å². The summed E-state index contributed by atoms with van der Waals surface area (Å²) in [6, 6.07) is 0. The summed E-state index contributed by atoms with van der Waals surface area (Å²) in [5.41, 5.74) is 2.54. The molecule has 0 spiro atoms. The maximum Gasteiger partial charge on any atom is 0.306 e. The summed E-state index contributed by atoms with van der Waals surface area (Å²) in [5.74, 6) is -1.15. The topological polar surface area (TPSA) is 54.4 Å². The molecule has 92 valence electrons. The van der Waals surface area contributed by atoms with Crippen LogP contribution in [0.1, 0.15) is 33.1 Å². The van der Waals surface area contributed by atoms with E-state index in [1.54, 1.807) is 6.08 Å². The van der Waals surface area contributed by atoms with Crippen LogP contribution in [0.4, 0.5) is 0 Å². The van der Waals surface area contributed by atoms with Gasteiger partial charge >= 0.3 is 5.97 Å². The van der Waals surface area contributed by atoms with E-state index in [1.807, 2.05) is 26.0 Å². The van der Waals surface area contributed by atoms with Crippen LogP contribution in [0.3, 0.4) is 0 Å². The van der Waals surface area contributed by atoms with Gasteiger partial charge in [0.1, 0.15) is 6.29 Å². The molecule has 3 heteroatoms. The molecule has 17 heavy (non-hydrogen) atoms. The average Bonchev–Trinajstić information content (AvgIpc) is 2.47. The highest BCUT2D eigenvalue weighted by Gasteiger charge is 2.17. The standard InChI is InChI=1S/C14H18O3/c1-3-12(14(16)17)7-11-6-4-5-10(2)13(8-11)9-15/h5-6,8-9,12H,3-4,7H2,1-2H3,(H,16,17)/t12-/m1/s1. The Morgan fingerprint density at radius 3 is 2.76 bits per heavy atom. The smallest absolute Gasteiger partial charge is 0.306 e. The summed E-state index contributed by atoms with van der Waals surface area (Å²) < 4.78 is 0. The normalized spacial score (nSPS) is 17.4. The van der Waals surface area contributed by atoms with Crippen LogP contribution in [0.2, 0.25) is 0 Å². The van der Waals surface area contributed by atoms with Crippen molar-refractivity contribution in [2.24, 2.45) is 5.92 Å². The molecule has 1 atom stereocenters. The Hall–Kier alpha value is -1.64. The lowest BCUT2D eigenvalue weighted by Crippen LogP contribution is -2.13. The van der Waals surface area contributed by atoms with E-state index in [1.165, 1.54) is 0 Å². The van der Waals surface area contributed by atoms with E-state index in [4.69, 9.17) is 5.11 Å². The first-order valence-electron chi connectivity index (χ1n) is 5.84. The van der Waals surface area contributed by atoms with Crippen LogP contribution in [0, 0.1) is 5.92 Å². The molecule has 0 fully saturated rings. The van der Waals surface area contributed by atoms with Gasteiger partial charge in [-0.3, -0.25) is 9.59 Å². The third-order valence-electron chi connectivity index (χ3n) is 3.05. The first-order valence-corrected chi connectivity index (χ1v) is 5.84. The fraction of sp³-hybridized carbons (Fsp3) is 0.429. The van der Waals surface area contributed by atoms with Gasteiger partial charge in [0.15, 0.2) is 0 Å². The lowest BCUT2D eigenvalue weighted by Gasteiger charge is -2.10. The van der Waals surface area contributed by atoms with Crippen LogP contribution in [-0.4, -0.2) is 17.4 Å². The molecule has 1 aliphatic carbocycles. The second kappa shape index (κ2) is 6.18. The maximum absolute atomic E-state index is 11.0. The van der Waals surface area contributed by atoms with Crippen molar-refractivity contribution in [3.05, 3.63) is 34.9 Å². The lowest BCUT2D eigenvalue weighted by atomic mass is 9.95. The van der Waals surface area contributed by atoms with Crippen LogP contribution in [0.15, 0.2) is 34.9 Å². The van der Waals surface area contributed by atoms with E-state index in [0.29, 0.717) is 18.4 Å². The second-order valence-corrected chi connectivity index (χ2v) is 4.27. The number of rotatable bonds is 5. The molecular weight excluding hydrogens is 216 g/mol. The number of aliphatic carboxylic acids is 1. The van der Waals surface area contributed by atoms with Crippen molar-refractivity contribution in [3.8, 4) is 0 Å². The first-order chi connectivity index (χ1) is 8.08. The van der Waals surface area contributed by atoms with E-state index in [2.05, 4.69) is 0 Å². The minimum atomic E-state index is -0.775. The molecule has 0 saturated carbocycles. The summed E-state index contributed by atoms with van der Waals surface area (Å²) >= 11 is 0. The Kier molecular flexibility index (Phi) is 4.88. The number of aldehydes is 1. The summed E-state index contributed by atoms with van der Waals surface area (Å²) in [7, 11) is 0. The quantitative estimate of drug-likeness (QED) is 0.744. The SMILES string of the molecule is CC[C@H](CC1=CCC=C(C)C(C=O)=C1)C(=O)O. The van der Waals surface area contributed by atoms with Crippen LogP contribution in [0.5, 0.6) is 0 Å². The maximum atomic E-state index is 11.0. The first kappa shape index (κ1) is 13.4. The number of hydrogen-bond donors (Lipinski definition) is 1. The molecular formula is C14H18O3. The number of carboxylic acid groups (broad SMARTS) is 1. The zero-order chi connectivity index (χ0) is 12.8. The Balaban J connectivity index is 2.85. The van der Waals surface area contributed by atoms with Gasteiger partial charge in [-0.1, -0.05) is 24.6 Å². The van der Waals surface area contributed by atoms with E-state index < -0.39 is 5.97 Å². The molecule has 1 N–H and O–H groups in total. The fourth-order valence-corrected chi connectivity index (χ4v) is 1.84. The highest BCUT2D eigenvalue weighted by Crippen LogP contribution is 2.23. The average molecular weight is 234 g/mol. The van der Waals surface area contributed by atoms with Crippen molar-refractivity contribution < 1.29 is 14.7 Å². The molecule has 3 nitrogen and oxygen atoms in total. The molecule has 0 bridgehead atoms. The van der Waals surface area contributed by atoms with Gasteiger partial charge in [0.25, 0.3) is 0 Å². The van der Waals surface area contributed by atoms with E-state index in [0.717, 1.165) is 23.9 Å². The van der Waals surface area contributed by atoms with Crippen molar-refractivity contribution in [3.63, 3.8) is 0 Å². The third-order valence-corrected chi connectivity index (χ3v) is 3.05. The minimum absolute atomic E-state index is 0.371. The van der Waals surface area contributed by atoms with Crippen molar-refractivity contribution in [2.45, 2.75) is 33.1 Å². The molecule has 0 aliphatic heterocycles. The highest BCUT2D eigenvalue weighted by molar-refractivity contribution is 5.81. The van der Waals surface area contributed by atoms with Gasteiger partial charge in [-0.2, -0.15) is 0 Å². The van der Waals surface area contributed by atoms with Crippen LogP contribution in [0.25, 0.3) is 0 Å². The highest BCUT2D eigenvalue weighted by atomic mass is 16.4. The summed E-state index contributed by atoms with van der Waals surface area (Å²) in [6.07, 6.45) is 8.45. The lowest BCUT2D eigenvalue weighted by molar-refractivity contribution is -0.141. The van der Waals surface area contributed by atoms with Gasteiger partial charge in [0, 0.05) is 5.57 Å². The van der Waals surface area contributed by atoms with Crippen LogP contribution < -0.4 is 0 Å². The largest absolute Gasteiger partial charge is 0.481 e. The van der Waals surface area contributed by atoms with Crippen LogP contribution >= 0.6 is 0 Å². The summed E-state index contributed by atoms with van der Waals surface area (Å²) in [5, 5.41) is 9.02. The molecule has 1 aliphatic rings. The zero-order valence-corrected chi connectivity index (χ0v) is 10.3. The Morgan fingerprint density at radius 2 is 2.24 bits per heavy atom. The fourth-order valence-electron chi connectivity index (χ4n) is 1.84. The summed E-state index contributed by atoms with van der Waals surface area (Å²) in [4.78, 5) is 21.9. The number of carbonyl (C=O) groups is 2. The van der Waals surface area contributed by atoms with Crippen LogP contribution in [-0.2, 0) is 9.59 Å². The Bertz CT molecular complexity index is 400. The second-order valence-electron chi connectivity index (χ2n) is 4.27. The molecule has 0 unspecified atom stereocenters. The van der Waals surface area contributed by atoms with Crippen molar-refractivity contribution in [1.82, 2.24) is 0 Å². The van der Waals surface area contributed by atoms with Gasteiger partial charge in [-0.15, -0.1) is 0 Å². The van der Waals surface area contributed by atoms with E-state index in [-0.39, 0.29) is 5.92 Å². The van der Waals surface area contributed by atoms with E-state index in [9.17, 15) is 9.59 Å². The molecule has 0 aromatic rings. The Labute approximate surface area is 102 Å². The number of hydrogen-bond acceptors (Lipinski definition) is 2. The molecule has 0 radical (unpaired) electrons. The van der Waals surface area contributed by atoms with E-state index >= 15 is 0 Å². The molecule has 1 rings (SSSR count). The van der Waals surface area contributed by atoms with Crippen molar-refractivity contribution in [2.75, 3.05) is 0 Å². The van der Waals surface area contributed by atoms with Gasteiger partial charge in [-0.05, 0) is 37.8 Å². The number of allylic oxidation sites excluding steroid dienone is 6. The molecule has 0 heterocycles. The predicted molar refractivity (Wildman–Crippen MR) is 66.6 cm³/mol. The van der Waals surface area contributed by atoms with Crippen molar-refractivity contribution >= 4 is 12.3 Å². The van der Waals surface area contributed by atoms with Gasteiger partial charge < -0.3 is 5.11 Å². The number of carbonyl (C=O) groups excluding carboxylic acids is 1. The van der Waals surface area contributed by atoms with Gasteiger partial charge in [0.2, 0.25) is 0 Å². The minimum Gasteiger partial charge on any atom is -0.481 e. The number of carboxylic acids is 1. The van der Waals surface area contributed by atoms with Crippen molar-refractivity contribution in [1.29, 1.82) is 0 Å². The summed E-state index contributed by atoms with van der Waals surface area (Å²) in [6.45, 7) is 3.76. The Morgan fingerprint density at radius 1 is 1.53 bits per heavy atom. The molecule has 0 aromatic carbocycles.